The predicted octanol–water partition coefficient (Wildman–Crippen LogP) is 9.53. The Labute approximate surface area is 320 Å². The minimum atomic E-state index is -0.509. The van der Waals surface area contributed by atoms with E-state index in [2.05, 4.69) is 60.3 Å². The van der Waals surface area contributed by atoms with Gasteiger partial charge in [-0.3, -0.25) is 9.80 Å². The van der Waals surface area contributed by atoms with E-state index in [1.165, 1.54) is 28.8 Å². The van der Waals surface area contributed by atoms with E-state index in [1.54, 1.807) is 27.4 Å². The Kier molecular flexibility index (Phi) is 10.0. The van der Waals surface area contributed by atoms with E-state index in [-0.39, 0.29) is 23.7 Å². The standard InChI is InChI=1S/C44H44ClFN2O6/c1-47-16-14-29-22-38(50-4)40-24-32(29)35(47)19-26-6-10-31(11-7-26)53-39-21-27(9-13-37(39)49-3)20-36-42-30(15-17-48(36)2)23-41(51-5)43(44(42)54-40)52-25-28-8-12-33(45)34(46)18-28/h6-13,18,21-24,35-36H,14-17,19-20,25H2,1-5H3. The normalized spacial score (nSPS) is 18.1. The molecule has 5 aromatic rings. The molecule has 0 aromatic heterocycles. The summed E-state index contributed by atoms with van der Waals surface area (Å²) < 4.78 is 52.6. The lowest BCUT2D eigenvalue weighted by atomic mass is 9.87. The van der Waals surface area contributed by atoms with Crippen LogP contribution in [0.15, 0.2) is 78.9 Å². The average Bonchev–Trinajstić information content (AvgIpc) is 3.18. The number of fused-ring (bicyclic) bond motifs is 2. The number of hydrogen-bond donors (Lipinski definition) is 0. The second-order valence-electron chi connectivity index (χ2n) is 14.3. The molecular formula is C44H44ClFN2O6. The maximum absolute atomic E-state index is 14.6. The minimum Gasteiger partial charge on any atom is -0.493 e. The molecule has 280 valence electrons. The number of nitrogens with zero attached hydrogens (tertiary/aromatic N) is 2. The molecule has 0 fully saturated rings. The molecule has 6 bridgehead atoms. The van der Waals surface area contributed by atoms with Crippen molar-refractivity contribution in [2.24, 2.45) is 0 Å². The van der Waals surface area contributed by atoms with Crippen LogP contribution in [0.3, 0.4) is 0 Å². The van der Waals surface area contributed by atoms with Gasteiger partial charge in [-0.2, -0.15) is 0 Å². The zero-order chi connectivity index (χ0) is 37.5. The molecule has 0 aliphatic carbocycles. The first-order valence-corrected chi connectivity index (χ1v) is 18.6. The summed E-state index contributed by atoms with van der Waals surface area (Å²) >= 11 is 6.02. The highest BCUT2D eigenvalue weighted by molar-refractivity contribution is 6.30. The quantitative estimate of drug-likeness (QED) is 0.170. The second-order valence-corrected chi connectivity index (χ2v) is 14.7. The monoisotopic (exact) mass is 750 g/mol. The van der Waals surface area contributed by atoms with Gasteiger partial charge >= 0.3 is 0 Å². The Hall–Kier alpha value is -4.96. The van der Waals surface area contributed by atoms with Crippen molar-refractivity contribution in [3.05, 3.63) is 129 Å². The molecule has 5 aromatic carbocycles. The maximum atomic E-state index is 14.6. The topological polar surface area (TPSA) is 61.9 Å². The van der Waals surface area contributed by atoms with Crippen LogP contribution in [0.4, 0.5) is 4.39 Å². The van der Waals surface area contributed by atoms with Crippen molar-refractivity contribution < 1.29 is 32.8 Å². The Morgan fingerprint density at radius 3 is 2.11 bits per heavy atom. The van der Waals surface area contributed by atoms with Gasteiger partial charge < -0.3 is 28.4 Å². The smallest absolute Gasteiger partial charge is 0.204 e. The van der Waals surface area contributed by atoms with Crippen molar-refractivity contribution in [2.75, 3.05) is 48.5 Å². The largest absolute Gasteiger partial charge is 0.493 e. The third-order valence-electron chi connectivity index (χ3n) is 11.0. The molecule has 0 saturated heterocycles. The van der Waals surface area contributed by atoms with Crippen LogP contribution in [-0.2, 0) is 32.3 Å². The molecule has 0 N–H and O–H groups in total. The van der Waals surface area contributed by atoms with Crippen LogP contribution in [0.1, 0.15) is 51.0 Å². The summed E-state index contributed by atoms with van der Waals surface area (Å²) in [4.78, 5) is 4.74. The first-order valence-electron chi connectivity index (χ1n) is 18.3. The van der Waals surface area contributed by atoms with Crippen molar-refractivity contribution in [3.63, 3.8) is 0 Å². The average molecular weight is 751 g/mol. The number of hydrogen-bond acceptors (Lipinski definition) is 8. The molecule has 2 unspecified atom stereocenters. The van der Waals surface area contributed by atoms with E-state index in [1.807, 2.05) is 24.3 Å². The van der Waals surface area contributed by atoms with E-state index in [4.69, 9.17) is 40.0 Å². The number of ether oxygens (including phenoxy) is 6. The van der Waals surface area contributed by atoms with E-state index < -0.39 is 5.82 Å². The van der Waals surface area contributed by atoms with E-state index in [0.29, 0.717) is 52.2 Å². The zero-order valence-corrected chi connectivity index (χ0v) is 32.0. The first kappa shape index (κ1) is 36.0. The van der Waals surface area contributed by atoms with Crippen molar-refractivity contribution in [2.45, 2.75) is 44.4 Å². The summed E-state index contributed by atoms with van der Waals surface area (Å²) in [5, 5.41) is 0.0541. The van der Waals surface area contributed by atoms with Crippen LogP contribution >= 0.6 is 11.6 Å². The summed E-state index contributed by atoms with van der Waals surface area (Å²) in [6.07, 6.45) is 3.10. The summed E-state index contributed by atoms with van der Waals surface area (Å²) in [5.74, 6) is 4.23. The van der Waals surface area contributed by atoms with Crippen molar-refractivity contribution >= 4 is 11.6 Å². The van der Waals surface area contributed by atoms with Gasteiger partial charge in [0.25, 0.3) is 0 Å². The number of likely N-dealkylation sites (N-methyl/N-ethyl adjacent to an activating group) is 2. The molecule has 2 atom stereocenters. The molecular weight excluding hydrogens is 707 g/mol. The Bertz CT molecular complexity index is 2190. The number of benzene rings is 5. The second kappa shape index (κ2) is 15.1. The van der Waals surface area contributed by atoms with Gasteiger partial charge in [-0.05, 0) is 128 Å². The summed E-state index contributed by atoms with van der Waals surface area (Å²) in [7, 11) is 9.26. The third kappa shape index (κ3) is 6.92. The zero-order valence-electron chi connectivity index (χ0n) is 31.2. The Morgan fingerprint density at radius 1 is 0.704 bits per heavy atom. The molecule has 0 amide bonds. The lowest BCUT2D eigenvalue weighted by Gasteiger charge is -2.37. The van der Waals surface area contributed by atoms with E-state index >= 15 is 0 Å². The van der Waals surface area contributed by atoms with Crippen LogP contribution in [-0.4, -0.2) is 58.3 Å². The highest BCUT2D eigenvalue weighted by Gasteiger charge is 2.35. The molecule has 0 radical (unpaired) electrons. The summed E-state index contributed by atoms with van der Waals surface area (Å²) in [6.45, 7) is 1.80. The molecule has 54 heavy (non-hydrogen) atoms. The SMILES string of the molecule is COc1ccc2cc1Oc1ccc(cc1)CC1c3cc(c(OC)cc3CCN1C)Oc1c(OCc3ccc(Cl)c(F)c3)c(OC)cc3c1C(C2)N(C)CC3. The van der Waals surface area contributed by atoms with Gasteiger partial charge in [-0.1, -0.05) is 35.9 Å². The number of rotatable bonds is 6. The van der Waals surface area contributed by atoms with Crippen molar-refractivity contribution in [1.82, 2.24) is 9.80 Å². The van der Waals surface area contributed by atoms with E-state index in [0.717, 1.165) is 54.8 Å². The molecule has 4 aliphatic rings. The van der Waals surface area contributed by atoms with Crippen LogP contribution in [0.2, 0.25) is 5.02 Å². The van der Waals surface area contributed by atoms with Gasteiger partial charge in [0.05, 0.1) is 26.4 Å². The molecule has 0 spiro atoms. The van der Waals surface area contributed by atoms with Gasteiger partial charge in [0.15, 0.2) is 34.5 Å². The number of halogens is 2. The van der Waals surface area contributed by atoms with Gasteiger partial charge in [-0.25, -0.2) is 4.39 Å². The highest BCUT2D eigenvalue weighted by atomic mass is 35.5. The fourth-order valence-electron chi connectivity index (χ4n) is 8.00. The minimum absolute atomic E-state index is 0.0541. The molecule has 0 saturated carbocycles. The van der Waals surface area contributed by atoms with Gasteiger partial charge in [0.1, 0.15) is 18.2 Å². The van der Waals surface area contributed by atoms with Crippen LogP contribution in [0.25, 0.3) is 0 Å². The molecule has 9 rings (SSSR count). The first-order chi connectivity index (χ1) is 26.2. The lowest BCUT2D eigenvalue weighted by Crippen LogP contribution is -2.34. The predicted molar refractivity (Wildman–Crippen MR) is 207 cm³/mol. The molecule has 4 aliphatic heterocycles. The van der Waals surface area contributed by atoms with Crippen LogP contribution < -0.4 is 28.4 Å². The van der Waals surface area contributed by atoms with Crippen LogP contribution in [0, 0.1) is 5.82 Å². The number of methoxy groups -OCH3 is 3. The van der Waals surface area contributed by atoms with Crippen molar-refractivity contribution in [3.8, 4) is 46.0 Å². The maximum Gasteiger partial charge on any atom is 0.204 e. The Morgan fingerprint density at radius 2 is 1.37 bits per heavy atom. The highest BCUT2D eigenvalue weighted by Crippen LogP contribution is 2.52. The van der Waals surface area contributed by atoms with Crippen LogP contribution in [0.5, 0.6) is 46.0 Å². The van der Waals surface area contributed by atoms with Gasteiger partial charge in [0, 0.05) is 30.7 Å². The van der Waals surface area contributed by atoms with Crippen molar-refractivity contribution in [1.29, 1.82) is 0 Å². The third-order valence-corrected chi connectivity index (χ3v) is 11.3. The fourth-order valence-corrected chi connectivity index (χ4v) is 8.12. The van der Waals surface area contributed by atoms with Gasteiger partial charge in [0.2, 0.25) is 5.75 Å². The van der Waals surface area contributed by atoms with E-state index in [9.17, 15) is 4.39 Å². The summed E-state index contributed by atoms with van der Waals surface area (Å²) in [5.41, 5.74) is 7.38. The Balaban J connectivity index is 1.34. The molecule has 4 heterocycles. The lowest BCUT2D eigenvalue weighted by molar-refractivity contribution is 0.216. The fraction of sp³-hybridized carbons (Fsp3) is 0.318. The summed E-state index contributed by atoms with van der Waals surface area (Å²) in [6, 6.07) is 25.4. The molecule has 8 nitrogen and oxygen atoms in total. The van der Waals surface area contributed by atoms with Gasteiger partial charge in [-0.15, -0.1) is 0 Å². The molecule has 10 heteroatoms.